The Labute approximate surface area is 103 Å². The fourth-order valence-electron chi connectivity index (χ4n) is 3.03. The van der Waals surface area contributed by atoms with Gasteiger partial charge in [0.25, 0.3) is 0 Å². The first-order valence-electron chi connectivity index (χ1n) is 6.39. The Bertz CT molecular complexity index is 389. The third-order valence-corrected chi connectivity index (χ3v) is 3.97. The van der Waals surface area contributed by atoms with E-state index in [4.69, 9.17) is 4.74 Å². The monoisotopic (exact) mass is 238 g/mol. The summed E-state index contributed by atoms with van der Waals surface area (Å²) in [4.78, 5) is 0. The highest BCUT2D eigenvalue weighted by Gasteiger charge is 2.39. The van der Waals surface area contributed by atoms with E-state index in [1.807, 2.05) is 7.05 Å². The van der Waals surface area contributed by atoms with E-state index in [1.165, 1.54) is 6.42 Å². The van der Waals surface area contributed by atoms with E-state index in [0.717, 1.165) is 31.4 Å². The van der Waals surface area contributed by atoms with E-state index < -0.39 is 5.60 Å². The molecular formula is C13H22N2O2. The molecule has 1 aliphatic rings. The zero-order valence-corrected chi connectivity index (χ0v) is 10.9. The lowest BCUT2D eigenvalue weighted by Gasteiger charge is -2.36. The van der Waals surface area contributed by atoms with Gasteiger partial charge >= 0.3 is 0 Å². The second-order valence-electron chi connectivity index (χ2n) is 5.09. The van der Waals surface area contributed by atoms with E-state index in [9.17, 15) is 5.11 Å². The SMILES string of the molecule is CCC1CCCC(O)(c2c(OC)cnn2C)C1. The summed E-state index contributed by atoms with van der Waals surface area (Å²) in [6.07, 6.45) is 6.73. The number of nitrogens with zero attached hydrogens (tertiary/aromatic N) is 2. The van der Waals surface area contributed by atoms with Crippen molar-refractivity contribution in [2.24, 2.45) is 13.0 Å². The quantitative estimate of drug-likeness (QED) is 0.878. The lowest BCUT2D eigenvalue weighted by atomic mass is 9.75. The largest absolute Gasteiger partial charge is 0.493 e. The zero-order chi connectivity index (χ0) is 12.5. The molecule has 0 spiro atoms. The van der Waals surface area contributed by atoms with Gasteiger partial charge in [-0.2, -0.15) is 5.10 Å². The van der Waals surface area contributed by atoms with Crippen LogP contribution in [0.3, 0.4) is 0 Å². The third-order valence-electron chi connectivity index (χ3n) is 3.97. The highest BCUT2D eigenvalue weighted by molar-refractivity contribution is 5.31. The van der Waals surface area contributed by atoms with Gasteiger partial charge in [0.15, 0.2) is 5.75 Å². The molecule has 4 heteroatoms. The minimum absolute atomic E-state index is 0.605. The molecule has 1 aliphatic carbocycles. The topological polar surface area (TPSA) is 47.3 Å². The van der Waals surface area contributed by atoms with Crippen molar-refractivity contribution in [2.75, 3.05) is 7.11 Å². The van der Waals surface area contributed by atoms with Gasteiger partial charge in [0.05, 0.1) is 13.3 Å². The fourth-order valence-corrected chi connectivity index (χ4v) is 3.03. The van der Waals surface area contributed by atoms with Crippen LogP contribution in [0.25, 0.3) is 0 Å². The standard InChI is InChI=1S/C13H22N2O2/c1-4-10-6-5-7-13(16,8-10)12-11(17-3)9-14-15(12)2/h9-10,16H,4-8H2,1-3H3. The fraction of sp³-hybridized carbons (Fsp3) is 0.769. The smallest absolute Gasteiger partial charge is 0.162 e. The first-order valence-corrected chi connectivity index (χ1v) is 6.39. The number of ether oxygens (including phenoxy) is 1. The van der Waals surface area contributed by atoms with Crippen LogP contribution in [-0.2, 0) is 12.6 Å². The third kappa shape index (κ3) is 2.18. The molecule has 2 unspecified atom stereocenters. The summed E-state index contributed by atoms with van der Waals surface area (Å²) < 4.78 is 7.06. The van der Waals surface area contributed by atoms with Crippen LogP contribution >= 0.6 is 0 Å². The normalized spacial score (nSPS) is 29.3. The Morgan fingerprint density at radius 1 is 1.65 bits per heavy atom. The van der Waals surface area contributed by atoms with Gasteiger partial charge in [-0.3, -0.25) is 4.68 Å². The maximum atomic E-state index is 10.9. The van der Waals surface area contributed by atoms with Crippen molar-refractivity contribution in [2.45, 2.75) is 44.6 Å². The molecular weight excluding hydrogens is 216 g/mol. The van der Waals surface area contributed by atoms with Crippen molar-refractivity contribution in [1.29, 1.82) is 0 Å². The molecule has 0 saturated heterocycles. The molecule has 1 aromatic rings. The second-order valence-corrected chi connectivity index (χ2v) is 5.09. The molecule has 1 N–H and O–H groups in total. The molecule has 4 nitrogen and oxygen atoms in total. The summed E-state index contributed by atoms with van der Waals surface area (Å²) in [5.74, 6) is 1.31. The molecule has 0 amide bonds. The lowest BCUT2D eigenvalue weighted by Crippen LogP contribution is -2.35. The summed E-state index contributed by atoms with van der Waals surface area (Å²) in [6.45, 7) is 2.19. The predicted molar refractivity (Wildman–Crippen MR) is 65.9 cm³/mol. The van der Waals surface area contributed by atoms with Gasteiger partial charge in [0.2, 0.25) is 0 Å². The number of aliphatic hydroxyl groups is 1. The number of methoxy groups -OCH3 is 1. The summed E-state index contributed by atoms with van der Waals surface area (Å²) in [5, 5.41) is 15.1. The first-order chi connectivity index (χ1) is 8.10. The molecule has 1 saturated carbocycles. The van der Waals surface area contributed by atoms with Crippen molar-refractivity contribution in [1.82, 2.24) is 9.78 Å². The average Bonchev–Trinajstić information content (AvgIpc) is 2.71. The van der Waals surface area contributed by atoms with Gasteiger partial charge in [0.1, 0.15) is 11.3 Å². The van der Waals surface area contributed by atoms with Gasteiger partial charge in [-0.1, -0.05) is 19.8 Å². The molecule has 17 heavy (non-hydrogen) atoms. The van der Waals surface area contributed by atoms with Crippen LogP contribution in [0.2, 0.25) is 0 Å². The predicted octanol–water partition coefficient (Wildman–Crippen LogP) is 2.22. The van der Waals surface area contributed by atoms with Crippen LogP contribution in [0.5, 0.6) is 5.75 Å². The molecule has 96 valence electrons. The summed E-state index contributed by atoms with van der Waals surface area (Å²) in [7, 11) is 3.50. The number of aryl methyl sites for hydroxylation is 1. The summed E-state index contributed by atoms with van der Waals surface area (Å²) >= 11 is 0. The Kier molecular flexibility index (Phi) is 3.43. The highest BCUT2D eigenvalue weighted by Crippen LogP contribution is 2.43. The van der Waals surface area contributed by atoms with Crippen LogP contribution in [-0.4, -0.2) is 22.0 Å². The molecule has 0 bridgehead atoms. The van der Waals surface area contributed by atoms with Crippen molar-refractivity contribution < 1.29 is 9.84 Å². The van der Waals surface area contributed by atoms with Crippen LogP contribution in [0.4, 0.5) is 0 Å². The van der Waals surface area contributed by atoms with Crippen LogP contribution < -0.4 is 4.74 Å². The van der Waals surface area contributed by atoms with Crippen LogP contribution in [0.1, 0.15) is 44.7 Å². The maximum Gasteiger partial charge on any atom is 0.162 e. The molecule has 1 heterocycles. The van der Waals surface area contributed by atoms with Crippen molar-refractivity contribution in [3.8, 4) is 5.75 Å². The molecule has 1 fully saturated rings. The van der Waals surface area contributed by atoms with Crippen LogP contribution in [0.15, 0.2) is 6.20 Å². The zero-order valence-electron chi connectivity index (χ0n) is 10.9. The van der Waals surface area contributed by atoms with Gasteiger partial charge in [-0.15, -0.1) is 0 Å². The van der Waals surface area contributed by atoms with Crippen molar-refractivity contribution in [3.63, 3.8) is 0 Å². The minimum Gasteiger partial charge on any atom is -0.493 e. The Morgan fingerprint density at radius 2 is 2.41 bits per heavy atom. The Hall–Kier alpha value is -1.03. The lowest BCUT2D eigenvalue weighted by molar-refractivity contribution is -0.0300. The number of rotatable bonds is 3. The number of hydrogen-bond donors (Lipinski definition) is 1. The van der Waals surface area contributed by atoms with Gasteiger partial charge in [-0.25, -0.2) is 0 Å². The van der Waals surface area contributed by atoms with Crippen molar-refractivity contribution in [3.05, 3.63) is 11.9 Å². The van der Waals surface area contributed by atoms with E-state index in [2.05, 4.69) is 12.0 Å². The minimum atomic E-state index is -0.768. The van der Waals surface area contributed by atoms with E-state index in [0.29, 0.717) is 11.7 Å². The van der Waals surface area contributed by atoms with E-state index in [1.54, 1.807) is 18.0 Å². The molecule has 0 radical (unpaired) electrons. The van der Waals surface area contributed by atoms with Crippen molar-refractivity contribution >= 4 is 0 Å². The molecule has 1 aromatic heterocycles. The van der Waals surface area contributed by atoms with E-state index >= 15 is 0 Å². The van der Waals surface area contributed by atoms with E-state index in [-0.39, 0.29) is 0 Å². The Balaban J connectivity index is 2.33. The van der Waals surface area contributed by atoms with Gasteiger partial charge in [-0.05, 0) is 25.2 Å². The van der Waals surface area contributed by atoms with Crippen LogP contribution in [0, 0.1) is 5.92 Å². The number of hydrogen-bond acceptors (Lipinski definition) is 3. The second kappa shape index (κ2) is 4.69. The van der Waals surface area contributed by atoms with Gasteiger partial charge < -0.3 is 9.84 Å². The highest BCUT2D eigenvalue weighted by atomic mass is 16.5. The maximum absolute atomic E-state index is 10.9. The Morgan fingerprint density at radius 3 is 3.06 bits per heavy atom. The molecule has 2 rings (SSSR count). The first kappa shape index (κ1) is 12.4. The summed E-state index contributed by atoms with van der Waals surface area (Å²) in [6, 6.07) is 0. The average molecular weight is 238 g/mol. The number of aromatic nitrogens is 2. The van der Waals surface area contributed by atoms with Gasteiger partial charge in [0, 0.05) is 7.05 Å². The summed E-state index contributed by atoms with van der Waals surface area (Å²) in [5.41, 5.74) is 0.0633. The molecule has 0 aromatic carbocycles. The molecule has 0 aliphatic heterocycles. The molecule has 2 atom stereocenters.